The Kier molecular flexibility index (Phi) is 6.23. The Balaban J connectivity index is 2.28. The number of rotatable bonds is 4. The largest absolute Gasteiger partial charge is 0.462 e. The van der Waals surface area contributed by atoms with Crippen molar-refractivity contribution in [3.05, 3.63) is 42.0 Å². The van der Waals surface area contributed by atoms with Crippen LogP contribution in [-0.2, 0) is 14.3 Å². The number of esters is 1. The molecule has 1 saturated heterocycles. The van der Waals surface area contributed by atoms with Crippen LogP contribution in [0.15, 0.2) is 36.4 Å². The van der Waals surface area contributed by atoms with Gasteiger partial charge in [-0.05, 0) is 52.2 Å². The van der Waals surface area contributed by atoms with Crippen LogP contribution in [0.3, 0.4) is 0 Å². The molecule has 1 atom stereocenters. The van der Waals surface area contributed by atoms with E-state index in [1.807, 2.05) is 57.2 Å². The van der Waals surface area contributed by atoms with Gasteiger partial charge >= 0.3 is 12.1 Å². The fourth-order valence-corrected chi connectivity index (χ4v) is 2.81. The summed E-state index contributed by atoms with van der Waals surface area (Å²) in [6, 6.07) is 9.22. The number of hydrogen-bond donors (Lipinski definition) is 0. The maximum absolute atomic E-state index is 12.4. The molecule has 1 fully saturated rings. The van der Waals surface area contributed by atoms with Gasteiger partial charge in [0.25, 0.3) is 0 Å². The molecule has 25 heavy (non-hydrogen) atoms. The topological polar surface area (TPSA) is 55.8 Å². The molecule has 136 valence electrons. The summed E-state index contributed by atoms with van der Waals surface area (Å²) in [7, 11) is 0. The number of ether oxygens (including phenoxy) is 2. The third kappa shape index (κ3) is 5.34. The van der Waals surface area contributed by atoms with E-state index in [9.17, 15) is 9.59 Å². The molecule has 1 unspecified atom stereocenters. The lowest BCUT2D eigenvalue weighted by molar-refractivity contribution is -0.136. The fourth-order valence-electron chi connectivity index (χ4n) is 2.81. The normalized spacial score (nSPS) is 18.2. The van der Waals surface area contributed by atoms with E-state index in [4.69, 9.17) is 9.47 Å². The van der Waals surface area contributed by atoms with Crippen LogP contribution in [0.25, 0.3) is 5.57 Å². The van der Waals surface area contributed by atoms with Gasteiger partial charge in [-0.3, -0.25) is 0 Å². The molecule has 1 aromatic rings. The lowest BCUT2D eigenvalue weighted by Crippen LogP contribution is -2.39. The molecule has 1 aliphatic rings. The molecule has 0 bridgehead atoms. The summed E-state index contributed by atoms with van der Waals surface area (Å²) in [5.74, 6) is -0.371. The van der Waals surface area contributed by atoms with Crippen LogP contribution in [0.5, 0.6) is 0 Å². The van der Waals surface area contributed by atoms with E-state index in [1.54, 1.807) is 11.8 Å². The highest BCUT2D eigenvalue weighted by Gasteiger charge is 2.32. The molecule has 2 rings (SSSR count). The highest BCUT2D eigenvalue weighted by atomic mass is 16.6. The van der Waals surface area contributed by atoms with Crippen molar-refractivity contribution < 1.29 is 19.1 Å². The molecule has 5 nitrogen and oxygen atoms in total. The van der Waals surface area contributed by atoms with Crippen LogP contribution in [-0.4, -0.2) is 41.8 Å². The smallest absolute Gasteiger partial charge is 0.410 e. The first-order valence-electron chi connectivity index (χ1n) is 8.76. The molecule has 1 amide bonds. The second-order valence-electron chi connectivity index (χ2n) is 7.05. The molecular formula is C20H27NO4. The van der Waals surface area contributed by atoms with E-state index in [0.717, 1.165) is 18.4 Å². The van der Waals surface area contributed by atoms with Gasteiger partial charge in [0.15, 0.2) is 0 Å². The minimum Gasteiger partial charge on any atom is -0.462 e. The van der Waals surface area contributed by atoms with Crippen LogP contribution in [0, 0.1) is 0 Å². The highest BCUT2D eigenvalue weighted by Crippen LogP contribution is 2.26. The second-order valence-corrected chi connectivity index (χ2v) is 7.05. The SMILES string of the molecule is CCOC(=O)/C(=C\C1CCCN1C(=O)OC(C)(C)C)c1ccccc1. The first kappa shape index (κ1) is 19.0. The molecule has 0 saturated carbocycles. The van der Waals surface area contributed by atoms with E-state index < -0.39 is 5.60 Å². The van der Waals surface area contributed by atoms with Crippen molar-refractivity contribution in [2.45, 2.75) is 52.2 Å². The molecule has 1 heterocycles. The summed E-state index contributed by atoms with van der Waals surface area (Å²) < 4.78 is 10.7. The minimum atomic E-state index is -0.544. The number of nitrogens with zero attached hydrogens (tertiary/aromatic N) is 1. The quantitative estimate of drug-likeness (QED) is 0.611. The Morgan fingerprint density at radius 1 is 1.24 bits per heavy atom. The maximum Gasteiger partial charge on any atom is 0.410 e. The van der Waals surface area contributed by atoms with Gasteiger partial charge in [-0.25, -0.2) is 9.59 Å². The van der Waals surface area contributed by atoms with Crippen LogP contribution < -0.4 is 0 Å². The van der Waals surface area contributed by atoms with Gasteiger partial charge in [0.2, 0.25) is 0 Å². The van der Waals surface area contributed by atoms with Gasteiger partial charge in [-0.15, -0.1) is 0 Å². The van der Waals surface area contributed by atoms with Crippen molar-refractivity contribution in [3.63, 3.8) is 0 Å². The fraction of sp³-hybridized carbons (Fsp3) is 0.500. The predicted octanol–water partition coefficient (Wildman–Crippen LogP) is 4.03. The van der Waals surface area contributed by atoms with E-state index in [2.05, 4.69) is 0 Å². The first-order valence-corrected chi connectivity index (χ1v) is 8.76. The lowest BCUT2D eigenvalue weighted by Gasteiger charge is -2.27. The van der Waals surface area contributed by atoms with Gasteiger partial charge in [0, 0.05) is 6.54 Å². The Morgan fingerprint density at radius 2 is 1.92 bits per heavy atom. The third-order valence-electron chi connectivity index (χ3n) is 3.87. The second kappa shape index (κ2) is 8.19. The van der Waals surface area contributed by atoms with Crippen molar-refractivity contribution in [3.8, 4) is 0 Å². The Hall–Kier alpha value is -2.30. The van der Waals surface area contributed by atoms with Gasteiger partial charge in [0.1, 0.15) is 5.60 Å². The summed E-state index contributed by atoms with van der Waals surface area (Å²) in [5.41, 5.74) is 0.733. The molecule has 1 aromatic carbocycles. The number of likely N-dealkylation sites (tertiary alicyclic amines) is 1. The summed E-state index contributed by atoms with van der Waals surface area (Å²) in [5, 5.41) is 0. The number of benzene rings is 1. The average Bonchev–Trinajstić information content (AvgIpc) is 3.00. The Bertz CT molecular complexity index is 631. The first-order chi connectivity index (χ1) is 11.8. The highest BCUT2D eigenvalue weighted by molar-refractivity contribution is 6.16. The van der Waals surface area contributed by atoms with E-state index in [1.165, 1.54) is 0 Å². The summed E-state index contributed by atoms with van der Waals surface area (Å²) >= 11 is 0. The summed E-state index contributed by atoms with van der Waals surface area (Å²) in [4.78, 5) is 26.5. The Labute approximate surface area is 149 Å². The molecule has 5 heteroatoms. The average molecular weight is 345 g/mol. The Morgan fingerprint density at radius 3 is 2.52 bits per heavy atom. The number of carbonyl (C=O) groups is 2. The van der Waals surface area contributed by atoms with Crippen LogP contribution in [0.1, 0.15) is 46.1 Å². The number of amides is 1. The maximum atomic E-state index is 12.4. The standard InChI is InChI=1S/C20H27NO4/c1-5-24-18(22)17(15-10-7-6-8-11-15)14-16-12-9-13-21(16)19(23)25-20(2,3)4/h6-8,10-11,14,16H,5,9,12-13H2,1-4H3/b17-14-. The molecular weight excluding hydrogens is 318 g/mol. The van der Waals surface area contributed by atoms with Crippen molar-refractivity contribution in [1.82, 2.24) is 4.90 Å². The minimum absolute atomic E-state index is 0.172. The third-order valence-corrected chi connectivity index (χ3v) is 3.87. The van der Waals surface area contributed by atoms with Crippen molar-refractivity contribution >= 4 is 17.6 Å². The number of carbonyl (C=O) groups excluding carboxylic acids is 2. The molecule has 0 N–H and O–H groups in total. The van der Waals surface area contributed by atoms with E-state index in [-0.39, 0.29) is 18.1 Å². The van der Waals surface area contributed by atoms with E-state index in [0.29, 0.717) is 18.7 Å². The lowest BCUT2D eigenvalue weighted by atomic mass is 10.0. The van der Waals surface area contributed by atoms with Gasteiger partial charge in [0.05, 0.1) is 18.2 Å². The van der Waals surface area contributed by atoms with Gasteiger partial charge in [-0.1, -0.05) is 30.3 Å². The number of hydrogen-bond acceptors (Lipinski definition) is 4. The zero-order valence-electron chi connectivity index (χ0n) is 15.5. The van der Waals surface area contributed by atoms with Crippen molar-refractivity contribution in [2.24, 2.45) is 0 Å². The van der Waals surface area contributed by atoms with Crippen LogP contribution >= 0.6 is 0 Å². The molecule has 0 radical (unpaired) electrons. The molecule has 0 spiro atoms. The van der Waals surface area contributed by atoms with Crippen molar-refractivity contribution in [1.29, 1.82) is 0 Å². The van der Waals surface area contributed by atoms with Gasteiger partial charge in [-0.2, -0.15) is 0 Å². The summed E-state index contributed by atoms with van der Waals surface area (Å²) in [6.45, 7) is 8.26. The summed E-state index contributed by atoms with van der Waals surface area (Å²) in [6.07, 6.45) is 3.17. The molecule has 0 aliphatic carbocycles. The predicted molar refractivity (Wildman–Crippen MR) is 97.0 cm³/mol. The molecule has 1 aliphatic heterocycles. The van der Waals surface area contributed by atoms with Crippen LogP contribution in [0.2, 0.25) is 0 Å². The van der Waals surface area contributed by atoms with Crippen molar-refractivity contribution in [2.75, 3.05) is 13.2 Å². The monoisotopic (exact) mass is 345 g/mol. The van der Waals surface area contributed by atoms with Crippen LogP contribution in [0.4, 0.5) is 4.79 Å². The zero-order chi connectivity index (χ0) is 18.4. The molecule has 0 aromatic heterocycles. The van der Waals surface area contributed by atoms with Gasteiger partial charge < -0.3 is 14.4 Å². The van der Waals surface area contributed by atoms with E-state index >= 15 is 0 Å². The zero-order valence-corrected chi connectivity index (χ0v) is 15.5.